The van der Waals surface area contributed by atoms with Crippen LogP contribution in [0.4, 0.5) is 0 Å². The third-order valence-electron chi connectivity index (χ3n) is 4.69. The van der Waals surface area contributed by atoms with Crippen LogP contribution < -0.4 is 15.0 Å². The van der Waals surface area contributed by atoms with Crippen molar-refractivity contribution in [2.45, 2.75) is 6.42 Å². The summed E-state index contributed by atoms with van der Waals surface area (Å²) < 4.78 is 10.9. The molecule has 4 aromatic rings. The maximum Gasteiger partial charge on any atom is 0.255 e. The van der Waals surface area contributed by atoms with Gasteiger partial charge in [0.25, 0.3) is 5.56 Å². The van der Waals surface area contributed by atoms with Crippen LogP contribution in [0.5, 0.6) is 11.6 Å². The van der Waals surface area contributed by atoms with Gasteiger partial charge < -0.3 is 9.47 Å². The van der Waals surface area contributed by atoms with E-state index in [1.54, 1.807) is 14.2 Å². The largest absolute Gasteiger partial charge is 0.496 e. The molecule has 0 spiro atoms. The van der Waals surface area contributed by atoms with E-state index in [1.165, 1.54) is 5.39 Å². The summed E-state index contributed by atoms with van der Waals surface area (Å²) in [6.45, 7) is 0. The van der Waals surface area contributed by atoms with Crippen molar-refractivity contribution in [1.82, 2.24) is 4.98 Å². The van der Waals surface area contributed by atoms with Crippen molar-refractivity contribution in [1.29, 1.82) is 0 Å². The number of methoxy groups -OCH3 is 2. The highest BCUT2D eigenvalue weighted by atomic mass is 16.5. The van der Waals surface area contributed by atoms with Gasteiger partial charge >= 0.3 is 0 Å². The molecular weight excluding hydrogens is 326 g/mol. The molecule has 0 saturated heterocycles. The van der Waals surface area contributed by atoms with Gasteiger partial charge in [-0.3, -0.25) is 9.78 Å². The van der Waals surface area contributed by atoms with E-state index in [0.717, 1.165) is 21.7 Å². The number of hydrogen-bond acceptors (Lipinski definition) is 3. The van der Waals surface area contributed by atoms with E-state index in [0.29, 0.717) is 23.6 Å². The molecule has 0 amide bonds. The van der Waals surface area contributed by atoms with Gasteiger partial charge in [-0.25, -0.2) is 0 Å². The zero-order valence-electron chi connectivity index (χ0n) is 14.7. The zero-order chi connectivity index (χ0) is 18.1. The highest BCUT2D eigenvalue weighted by Gasteiger charge is 2.16. The predicted molar refractivity (Wildman–Crippen MR) is 104 cm³/mol. The number of ether oxygens (including phenoxy) is 2. The van der Waals surface area contributed by atoms with Crippen molar-refractivity contribution in [2.75, 3.05) is 14.2 Å². The molecule has 130 valence electrons. The summed E-state index contributed by atoms with van der Waals surface area (Å²) in [6.07, 6.45) is 0.515. The van der Waals surface area contributed by atoms with Crippen molar-refractivity contribution in [2.24, 2.45) is 0 Å². The van der Waals surface area contributed by atoms with Gasteiger partial charge in [0.15, 0.2) is 0 Å². The van der Waals surface area contributed by atoms with E-state index in [9.17, 15) is 4.79 Å². The van der Waals surface area contributed by atoms with Crippen molar-refractivity contribution in [3.8, 4) is 11.6 Å². The van der Waals surface area contributed by atoms with Gasteiger partial charge in [0.1, 0.15) is 5.75 Å². The van der Waals surface area contributed by atoms with Gasteiger partial charge in [0.2, 0.25) is 5.88 Å². The molecule has 0 fully saturated rings. The SMILES string of the molecule is COc1[nH]c(=O)c(Cc2ccc3ccccc3c2)c2c(OC)cccc12. The van der Waals surface area contributed by atoms with Crippen LogP contribution in [0.2, 0.25) is 0 Å². The maximum atomic E-state index is 12.8. The Hall–Kier alpha value is -3.27. The van der Waals surface area contributed by atoms with Crippen molar-refractivity contribution < 1.29 is 9.47 Å². The number of H-pyrrole nitrogens is 1. The first-order chi connectivity index (χ1) is 12.7. The van der Waals surface area contributed by atoms with Gasteiger partial charge in [-0.2, -0.15) is 0 Å². The Kier molecular flexibility index (Phi) is 4.09. The number of nitrogens with one attached hydrogen (secondary N) is 1. The molecule has 3 aromatic carbocycles. The molecule has 26 heavy (non-hydrogen) atoms. The van der Waals surface area contributed by atoms with Crippen LogP contribution in [0.1, 0.15) is 11.1 Å². The average Bonchev–Trinajstić information content (AvgIpc) is 2.69. The number of pyridine rings is 1. The molecule has 0 unspecified atom stereocenters. The fraction of sp³-hybridized carbons (Fsp3) is 0.136. The van der Waals surface area contributed by atoms with Crippen LogP contribution in [-0.4, -0.2) is 19.2 Å². The van der Waals surface area contributed by atoms with E-state index in [4.69, 9.17) is 9.47 Å². The van der Waals surface area contributed by atoms with E-state index in [-0.39, 0.29) is 5.56 Å². The lowest BCUT2D eigenvalue weighted by Gasteiger charge is -2.13. The van der Waals surface area contributed by atoms with Gasteiger partial charge in [-0.05, 0) is 28.5 Å². The predicted octanol–water partition coefficient (Wildman–Crippen LogP) is 4.29. The highest BCUT2D eigenvalue weighted by molar-refractivity contribution is 5.94. The summed E-state index contributed by atoms with van der Waals surface area (Å²) in [4.78, 5) is 15.6. The number of rotatable bonds is 4. The standard InChI is InChI=1S/C22H19NO3/c1-25-19-9-5-8-17-20(19)18(21(24)23-22(17)26-2)13-14-10-11-15-6-3-4-7-16(15)12-14/h3-12H,13H2,1-2H3,(H,23,24). The Morgan fingerprint density at radius 3 is 2.46 bits per heavy atom. The Balaban J connectivity index is 1.92. The minimum atomic E-state index is -0.160. The topological polar surface area (TPSA) is 51.3 Å². The molecule has 1 aromatic heterocycles. The first kappa shape index (κ1) is 16.2. The van der Waals surface area contributed by atoms with Crippen LogP contribution in [-0.2, 0) is 6.42 Å². The summed E-state index contributed by atoms with van der Waals surface area (Å²) in [5.41, 5.74) is 1.59. The summed E-state index contributed by atoms with van der Waals surface area (Å²) >= 11 is 0. The number of fused-ring (bicyclic) bond motifs is 2. The Bertz CT molecular complexity index is 1160. The molecule has 0 aliphatic carbocycles. The molecule has 0 aliphatic rings. The zero-order valence-corrected chi connectivity index (χ0v) is 14.7. The van der Waals surface area contributed by atoms with E-state index >= 15 is 0 Å². The van der Waals surface area contributed by atoms with Gasteiger partial charge in [-0.15, -0.1) is 0 Å². The number of benzene rings is 3. The highest BCUT2D eigenvalue weighted by Crippen LogP contribution is 2.33. The Morgan fingerprint density at radius 1 is 0.885 bits per heavy atom. The monoisotopic (exact) mass is 345 g/mol. The molecular formula is C22H19NO3. The van der Waals surface area contributed by atoms with Crippen molar-refractivity contribution in [3.05, 3.63) is 82.1 Å². The average molecular weight is 345 g/mol. The molecule has 4 nitrogen and oxygen atoms in total. The molecule has 0 saturated carbocycles. The number of aromatic nitrogens is 1. The van der Waals surface area contributed by atoms with Crippen LogP contribution >= 0.6 is 0 Å². The summed E-state index contributed by atoms with van der Waals surface area (Å²) in [6, 6.07) is 20.2. The minimum absolute atomic E-state index is 0.160. The molecule has 0 aliphatic heterocycles. The quantitative estimate of drug-likeness (QED) is 0.600. The second kappa shape index (κ2) is 6.56. The summed E-state index contributed by atoms with van der Waals surface area (Å²) in [5.74, 6) is 1.12. The smallest absolute Gasteiger partial charge is 0.255 e. The van der Waals surface area contributed by atoms with Gasteiger partial charge in [0.05, 0.1) is 14.2 Å². The third-order valence-corrected chi connectivity index (χ3v) is 4.69. The second-order valence-corrected chi connectivity index (χ2v) is 6.21. The Labute approximate surface area is 151 Å². The lowest BCUT2D eigenvalue weighted by Crippen LogP contribution is -2.15. The van der Waals surface area contributed by atoms with E-state index in [2.05, 4.69) is 35.3 Å². The molecule has 4 rings (SSSR count). The van der Waals surface area contributed by atoms with Crippen molar-refractivity contribution >= 4 is 21.5 Å². The second-order valence-electron chi connectivity index (χ2n) is 6.21. The Morgan fingerprint density at radius 2 is 1.69 bits per heavy atom. The molecule has 4 heteroatoms. The first-order valence-corrected chi connectivity index (χ1v) is 8.45. The van der Waals surface area contributed by atoms with Crippen LogP contribution in [0.15, 0.2) is 65.5 Å². The molecule has 0 atom stereocenters. The molecule has 1 heterocycles. The summed E-state index contributed by atoms with van der Waals surface area (Å²) in [7, 11) is 3.16. The lowest BCUT2D eigenvalue weighted by molar-refractivity contribution is 0.400. The number of hydrogen-bond donors (Lipinski definition) is 1. The summed E-state index contributed by atoms with van der Waals surface area (Å²) in [5, 5.41) is 3.97. The molecule has 0 bridgehead atoms. The fourth-order valence-corrected chi connectivity index (χ4v) is 3.44. The third kappa shape index (κ3) is 2.69. The lowest BCUT2D eigenvalue weighted by atomic mass is 9.98. The molecule has 0 radical (unpaired) electrons. The molecule has 1 N–H and O–H groups in total. The fourth-order valence-electron chi connectivity index (χ4n) is 3.44. The van der Waals surface area contributed by atoms with Crippen molar-refractivity contribution in [3.63, 3.8) is 0 Å². The van der Waals surface area contributed by atoms with Crippen LogP contribution in [0, 0.1) is 0 Å². The van der Waals surface area contributed by atoms with Gasteiger partial charge in [0, 0.05) is 22.8 Å². The van der Waals surface area contributed by atoms with Gasteiger partial charge in [-0.1, -0.05) is 48.5 Å². The minimum Gasteiger partial charge on any atom is -0.496 e. The van der Waals surface area contributed by atoms with Crippen LogP contribution in [0.25, 0.3) is 21.5 Å². The maximum absolute atomic E-state index is 12.8. The normalized spacial score (nSPS) is 11.0. The first-order valence-electron chi connectivity index (χ1n) is 8.45. The van der Waals surface area contributed by atoms with Crippen LogP contribution in [0.3, 0.4) is 0 Å². The van der Waals surface area contributed by atoms with E-state index in [1.807, 2.05) is 30.3 Å². The van der Waals surface area contributed by atoms with E-state index < -0.39 is 0 Å². The number of aromatic amines is 1.